The molecule has 0 atom stereocenters. The highest BCUT2D eigenvalue weighted by atomic mass is 32.1. The lowest BCUT2D eigenvalue weighted by molar-refractivity contribution is -0.0399. The van der Waals surface area contributed by atoms with Gasteiger partial charge in [0.05, 0.1) is 16.1 Å². The second-order valence-electron chi connectivity index (χ2n) is 19.7. The van der Waals surface area contributed by atoms with E-state index in [4.69, 9.17) is 0 Å². The number of anilines is 3. The number of benzene rings is 8. The van der Waals surface area contributed by atoms with E-state index in [0.29, 0.717) is 0 Å². The zero-order valence-electron chi connectivity index (χ0n) is 34.8. The third-order valence-corrected chi connectivity index (χ3v) is 17.6. The minimum Gasteiger partial charge on any atom is -0.308 e. The van der Waals surface area contributed by atoms with Crippen LogP contribution in [0.25, 0.3) is 64.3 Å². The maximum absolute atomic E-state index is 2.63. The van der Waals surface area contributed by atoms with Gasteiger partial charge in [-0.05, 0) is 159 Å². The largest absolute Gasteiger partial charge is 0.308 e. The average molecular weight is 802 g/mol. The van der Waals surface area contributed by atoms with Gasteiger partial charge in [0.2, 0.25) is 0 Å². The van der Waals surface area contributed by atoms with Crippen molar-refractivity contribution in [2.75, 3.05) is 4.90 Å². The zero-order chi connectivity index (χ0) is 40.2. The third kappa shape index (κ3) is 4.62. The maximum Gasteiger partial charge on any atom is 0.0640 e. The second-order valence-corrected chi connectivity index (χ2v) is 20.7. The molecule has 0 N–H and O–H groups in total. The number of hydrogen-bond acceptors (Lipinski definition) is 2. The Labute approximate surface area is 362 Å². The van der Waals surface area contributed by atoms with Crippen molar-refractivity contribution >= 4 is 59.3 Å². The van der Waals surface area contributed by atoms with Gasteiger partial charge in [0, 0.05) is 37.6 Å². The minimum absolute atomic E-state index is 0.0902. The molecule has 4 fully saturated rings. The van der Waals surface area contributed by atoms with E-state index in [2.05, 4.69) is 183 Å². The summed E-state index contributed by atoms with van der Waals surface area (Å²) in [5.41, 5.74) is 18.1. The molecule has 4 bridgehead atoms. The Kier molecular flexibility index (Phi) is 7.02. The first-order valence-electron chi connectivity index (χ1n) is 22.7. The quantitative estimate of drug-likeness (QED) is 0.171. The highest BCUT2D eigenvalue weighted by Gasteiger charge is 2.61. The van der Waals surface area contributed by atoms with E-state index in [1.807, 2.05) is 11.3 Å². The van der Waals surface area contributed by atoms with Crippen LogP contribution in [-0.4, -0.2) is 0 Å². The lowest BCUT2D eigenvalue weighted by atomic mass is 9.43. The fraction of sp³-hybridized carbons (Fsp3) is 0.220. The van der Waals surface area contributed by atoms with Crippen molar-refractivity contribution in [1.82, 2.24) is 0 Å². The van der Waals surface area contributed by atoms with Crippen LogP contribution >= 0.6 is 11.3 Å². The molecule has 2 heteroatoms. The van der Waals surface area contributed by atoms with Crippen molar-refractivity contribution in [2.45, 2.75) is 56.8 Å². The molecule has 1 aromatic heterocycles. The fourth-order valence-electron chi connectivity index (χ4n) is 14.1. The fourth-order valence-corrected chi connectivity index (χ4v) is 15.3. The molecule has 0 aliphatic heterocycles. The smallest absolute Gasteiger partial charge is 0.0640 e. The topological polar surface area (TPSA) is 3.24 Å². The monoisotopic (exact) mass is 801 g/mol. The van der Waals surface area contributed by atoms with E-state index in [1.54, 1.807) is 11.1 Å². The average Bonchev–Trinajstić information content (AvgIpc) is 3.90. The Morgan fingerprint density at radius 1 is 0.475 bits per heavy atom. The zero-order valence-corrected chi connectivity index (χ0v) is 35.6. The van der Waals surface area contributed by atoms with Crippen molar-refractivity contribution in [1.29, 1.82) is 0 Å². The van der Waals surface area contributed by atoms with Gasteiger partial charge in [-0.25, -0.2) is 0 Å². The first-order chi connectivity index (χ1) is 29.9. The molecule has 1 nitrogen and oxygen atoms in total. The molecule has 0 unspecified atom stereocenters. The molecule has 0 radical (unpaired) electrons. The summed E-state index contributed by atoms with van der Waals surface area (Å²) in [4.78, 5) is 2.56. The first kappa shape index (κ1) is 34.7. The molecule has 0 saturated heterocycles. The Morgan fingerprint density at radius 2 is 1.10 bits per heavy atom. The lowest BCUT2D eigenvalue weighted by Gasteiger charge is -2.61. The lowest BCUT2D eigenvalue weighted by Crippen LogP contribution is -2.55. The van der Waals surface area contributed by atoms with Gasteiger partial charge in [-0.3, -0.25) is 0 Å². The SMILES string of the molecule is CC1(C)c2ccccc2-c2c(N(c3ccc4cc(-c5ccc6c(c5)C5(c7ccccc7-6)C6CC7CC(C6)CC5C7)ccc4c3)c3cccc4c3sc3ccccc34)cccc21. The summed E-state index contributed by atoms with van der Waals surface area (Å²) >= 11 is 1.91. The van der Waals surface area contributed by atoms with Crippen LogP contribution in [0.5, 0.6) is 0 Å². The summed E-state index contributed by atoms with van der Waals surface area (Å²) < 4.78 is 2.64. The molecule has 294 valence electrons. The normalized spacial score (nSPS) is 23.4. The highest BCUT2D eigenvalue weighted by molar-refractivity contribution is 7.26. The van der Waals surface area contributed by atoms with E-state index in [9.17, 15) is 0 Å². The summed E-state index contributed by atoms with van der Waals surface area (Å²) in [6, 6.07) is 63.2. The number of fused-ring (bicyclic) bond motifs is 10. The number of nitrogens with zero attached hydrogens (tertiary/aromatic N) is 1. The van der Waals surface area contributed by atoms with Gasteiger partial charge in [-0.15, -0.1) is 11.3 Å². The molecule has 15 rings (SSSR count). The Hall–Kier alpha value is -5.96. The molecule has 61 heavy (non-hydrogen) atoms. The Bertz CT molecular complexity index is 3300. The van der Waals surface area contributed by atoms with Crippen LogP contribution in [0, 0.1) is 23.7 Å². The summed E-state index contributed by atoms with van der Waals surface area (Å²) in [5, 5.41) is 5.17. The van der Waals surface area contributed by atoms with Crippen molar-refractivity contribution < 1.29 is 0 Å². The molecule has 8 aromatic carbocycles. The molecular weight excluding hydrogens is 755 g/mol. The maximum atomic E-state index is 2.63. The first-order valence-corrected chi connectivity index (χ1v) is 23.5. The van der Waals surface area contributed by atoms with Crippen LogP contribution in [0.2, 0.25) is 0 Å². The Balaban J connectivity index is 0.923. The minimum atomic E-state index is -0.0902. The molecule has 0 amide bonds. The van der Waals surface area contributed by atoms with Gasteiger partial charge in [0.1, 0.15) is 0 Å². The van der Waals surface area contributed by atoms with E-state index in [-0.39, 0.29) is 10.8 Å². The van der Waals surface area contributed by atoms with Crippen LogP contribution in [0.3, 0.4) is 0 Å². The van der Waals surface area contributed by atoms with E-state index >= 15 is 0 Å². The van der Waals surface area contributed by atoms with Crippen LogP contribution in [-0.2, 0) is 10.8 Å². The molecule has 1 spiro atoms. The van der Waals surface area contributed by atoms with Crippen LogP contribution in [0.4, 0.5) is 17.1 Å². The van der Waals surface area contributed by atoms with Crippen LogP contribution in [0.15, 0.2) is 164 Å². The van der Waals surface area contributed by atoms with Gasteiger partial charge in [0.25, 0.3) is 0 Å². The van der Waals surface area contributed by atoms with Crippen LogP contribution < -0.4 is 4.90 Å². The predicted molar refractivity (Wildman–Crippen MR) is 258 cm³/mol. The van der Waals surface area contributed by atoms with Gasteiger partial charge in [-0.2, -0.15) is 0 Å². The summed E-state index contributed by atoms with van der Waals surface area (Å²) in [7, 11) is 0. The van der Waals surface area contributed by atoms with Crippen molar-refractivity contribution in [2.24, 2.45) is 23.7 Å². The van der Waals surface area contributed by atoms with Crippen LogP contribution in [0.1, 0.15) is 68.2 Å². The number of thiophene rings is 1. The van der Waals surface area contributed by atoms with E-state index in [1.165, 1.54) is 125 Å². The Morgan fingerprint density at radius 3 is 1.95 bits per heavy atom. The number of hydrogen-bond donors (Lipinski definition) is 0. The van der Waals surface area contributed by atoms with Crippen molar-refractivity contribution in [3.8, 4) is 33.4 Å². The summed E-state index contributed by atoms with van der Waals surface area (Å²) in [6.45, 7) is 4.77. The molecular formula is C59H47NS. The molecule has 9 aromatic rings. The summed E-state index contributed by atoms with van der Waals surface area (Å²) in [5.74, 6) is 3.42. The van der Waals surface area contributed by atoms with E-state index < -0.39 is 0 Å². The molecule has 4 saturated carbocycles. The number of rotatable bonds is 4. The van der Waals surface area contributed by atoms with Crippen molar-refractivity contribution in [3.63, 3.8) is 0 Å². The van der Waals surface area contributed by atoms with Gasteiger partial charge in [-0.1, -0.05) is 135 Å². The van der Waals surface area contributed by atoms with Crippen molar-refractivity contribution in [3.05, 3.63) is 186 Å². The predicted octanol–water partition coefficient (Wildman–Crippen LogP) is 16.4. The molecule has 6 aliphatic rings. The van der Waals surface area contributed by atoms with Gasteiger partial charge in [0.15, 0.2) is 0 Å². The third-order valence-electron chi connectivity index (χ3n) is 16.4. The second kappa shape index (κ2) is 12.3. The highest BCUT2D eigenvalue weighted by Crippen LogP contribution is 2.69. The van der Waals surface area contributed by atoms with Gasteiger partial charge >= 0.3 is 0 Å². The summed E-state index contributed by atoms with van der Waals surface area (Å²) in [6.07, 6.45) is 7.12. The van der Waals surface area contributed by atoms with Gasteiger partial charge < -0.3 is 4.90 Å². The standard InChI is InChI=1S/C59H47NS/c1-58(2)49-15-6-4-13-48(49)56-51(58)17-10-18-53(56)60(54-19-9-14-47-46-12-5-8-20-55(46)61-57(47)54)43-25-23-38-32-37(21-22-39(38)33-43)40-24-26-45-44-11-3-7-16-50(44)59(52(45)34-40)41-28-35-27-36(30-41)31-42(59)29-35/h3-26,32-36,41-42H,27-31H2,1-2H3. The van der Waals surface area contributed by atoms with E-state index in [0.717, 1.165) is 23.7 Å². The molecule has 1 heterocycles. The molecule has 6 aliphatic carbocycles.